The summed E-state index contributed by atoms with van der Waals surface area (Å²) < 4.78 is 28.7. The molecule has 0 saturated heterocycles. The predicted octanol–water partition coefficient (Wildman–Crippen LogP) is 1.40. The quantitative estimate of drug-likeness (QED) is 0.839. The summed E-state index contributed by atoms with van der Waals surface area (Å²) in [5.41, 5.74) is 0.486. The number of rotatable bonds is 6. The number of aliphatic hydroxyl groups is 1. The number of nitrogens with one attached hydrogen (secondary N) is 1. The van der Waals surface area contributed by atoms with Crippen molar-refractivity contribution in [2.75, 3.05) is 0 Å². The average molecular weight is 330 g/mol. The van der Waals surface area contributed by atoms with E-state index in [0.717, 1.165) is 0 Å². The van der Waals surface area contributed by atoms with Crippen LogP contribution in [0.1, 0.15) is 12.5 Å². The van der Waals surface area contributed by atoms with Crippen LogP contribution in [0.2, 0.25) is 5.02 Å². The fourth-order valence-corrected chi connectivity index (χ4v) is 3.45. The molecule has 8 heteroatoms. The Morgan fingerprint density at radius 3 is 2.81 bits per heavy atom. The Kier molecular flexibility index (Phi) is 5.00. The van der Waals surface area contributed by atoms with Gasteiger partial charge >= 0.3 is 0 Å². The Labute approximate surface area is 128 Å². The minimum atomic E-state index is -3.67. The summed E-state index contributed by atoms with van der Waals surface area (Å²) in [6.07, 6.45) is 3.40. The molecule has 21 heavy (non-hydrogen) atoms. The van der Waals surface area contributed by atoms with Gasteiger partial charge in [0.25, 0.3) is 0 Å². The van der Waals surface area contributed by atoms with E-state index in [2.05, 4.69) is 9.82 Å². The lowest BCUT2D eigenvalue weighted by molar-refractivity contribution is 0.282. The van der Waals surface area contributed by atoms with Crippen LogP contribution in [-0.2, 0) is 23.2 Å². The smallest absolute Gasteiger partial charge is 0.240 e. The Hall–Kier alpha value is -1.41. The van der Waals surface area contributed by atoms with Crippen molar-refractivity contribution in [3.8, 4) is 0 Å². The van der Waals surface area contributed by atoms with Crippen LogP contribution in [0.15, 0.2) is 41.6 Å². The molecule has 1 heterocycles. The van der Waals surface area contributed by atoms with Crippen molar-refractivity contribution < 1.29 is 13.5 Å². The normalized spacial score (nSPS) is 13.3. The first-order valence-corrected chi connectivity index (χ1v) is 8.17. The maximum Gasteiger partial charge on any atom is 0.240 e. The number of aliphatic hydroxyl groups excluding tert-OH is 1. The van der Waals surface area contributed by atoms with Gasteiger partial charge in [0, 0.05) is 23.5 Å². The van der Waals surface area contributed by atoms with E-state index in [-0.39, 0.29) is 22.6 Å². The van der Waals surface area contributed by atoms with Crippen LogP contribution < -0.4 is 4.72 Å². The largest absolute Gasteiger partial charge is 0.392 e. The van der Waals surface area contributed by atoms with E-state index in [4.69, 9.17) is 16.7 Å². The topological polar surface area (TPSA) is 84.2 Å². The van der Waals surface area contributed by atoms with Crippen molar-refractivity contribution in [3.63, 3.8) is 0 Å². The van der Waals surface area contributed by atoms with Crippen LogP contribution in [-0.4, -0.2) is 29.3 Å². The van der Waals surface area contributed by atoms with Gasteiger partial charge in [0.1, 0.15) is 0 Å². The molecule has 0 amide bonds. The lowest BCUT2D eigenvalue weighted by Gasteiger charge is -2.15. The van der Waals surface area contributed by atoms with Crippen molar-refractivity contribution in [2.24, 2.45) is 0 Å². The molecule has 6 nitrogen and oxygen atoms in total. The molecule has 1 atom stereocenters. The minimum Gasteiger partial charge on any atom is -0.392 e. The summed E-state index contributed by atoms with van der Waals surface area (Å²) in [5, 5.41) is 13.3. The van der Waals surface area contributed by atoms with E-state index in [1.54, 1.807) is 30.1 Å². The third-order valence-electron chi connectivity index (χ3n) is 2.88. The van der Waals surface area contributed by atoms with E-state index in [9.17, 15) is 8.42 Å². The molecule has 0 aliphatic heterocycles. The summed E-state index contributed by atoms with van der Waals surface area (Å²) >= 11 is 5.92. The van der Waals surface area contributed by atoms with Gasteiger partial charge in [-0.3, -0.25) is 4.68 Å². The zero-order chi connectivity index (χ0) is 15.5. The molecule has 2 aromatic rings. The first-order chi connectivity index (χ1) is 9.92. The molecule has 0 spiro atoms. The van der Waals surface area contributed by atoms with Crippen molar-refractivity contribution in [1.29, 1.82) is 0 Å². The molecule has 0 radical (unpaired) electrons. The molecule has 1 aromatic carbocycles. The molecular formula is C13H16ClN3O3S. The molecule has 0 fully saturated rings. The standard InChI is InChI=1S/C13H16ClN3O3S/c1-10(8-17-6-2-5-15-17)16-21(19,20)12-4-3-11(9-18)13(14)7-12/h2-7,10,16,18H,8-9H2,1H3. The number of benzene rings is 1. The Morgan fingerprint density at radius 2 is 2.24 bits per heavy atom. The zero-order valence-electron chi connectivity index (χ0n) is 11.4. The second-order valence-corrected chi connectivity index (χ2v) is 6.78. The van der Waals surface area contributed by atoms with Crippen molar-refractivity contribution >= 4 is 21.6 Å². The molecule has 0 aliphatic rings. The molecule has 1 aromatic heterocycles. The summed E-state index contributed by atoms with van der Waals surface area (Å²) in [6.45, 7) is 1.94. The number of sulfonamides is 1. The fourth-order valence-electron chi connectivity index (χ4n) is 1.88. The summed E-state index contributed by atoms with van der Waals surface area (Å²) in [5.74, 6) is 0. The third kappa shape index (κ3) is 4.04. The molecule has 2 rings (SSSR count). The second kappa shape index (κ2) is 6.57. The highest BCUT2D eigenvalue weighted by Gasteiger charge is 2.18. The average Bonchev–Trinajstić information content (AvgIpc) is 2.90. The van der Waals surface area contributed by atoms with Gasteiger partial charge in [-0.15, -0.1) is 0 Å². The van der Waals surface area contributed by atoms with Crippen molar-refractivity contribution in [3.05, 3.63) is 47.2 Å². The lowest BCUT2D eigenvalue weighted by Crippen LogP contribution is -2.35. The lowest BCUT2D eigenvalue weighted by atomic mass is 10.2. The molecular weight excluding hydrogens is 314 g/mol. The summed E-state index contributed by atoms with van der Waals surface area (Å²) in [4.78, 5) is 0.0667. The maximum absolute atomic E-state index is 12.3. The van der Waals surface area contributed by atoms with Gasteiger partial charge in [-0.05, 0) is 30.7 Å². The molecule has 2 N–H and O–H groups in total. The minimum absolute atomic E-state index is 0.0667. The predicted molar refractivity (Wildman–Crippen MR) is 79.4 cm³/mol. The third-order valence-corrected chi connectivity index (χ3v) is 4.82. The monoisotopic (exact) mass is 329 g/mol. The number of aromatic nitrogens is 2. The van der Waals surface area contributed by atoms with Gasteiger partial charge in [-0.2, -0.15) is 5.10 Å². The Balaban J connectivity index is 2.12. The maximum atomic E-state index is 12.3. The first-order valence-electron chi connectivity index (χ1n) is 6.31. The molecule has 0 aliphatic carbocycles. The van der Waals surface area contributed by atoms with E-state index >= 15 is 0 Å². The van der Waals surface area contributed by atoms with Crippen LogP contribution in [0.5, 0.6) is 0 Å². The van der Waals surface area contributed by atoms with Crippen LogP contribution in [0.3, 0.4) is 0 Å². The molecule has 0 saturated carbocycles. The number of halogens is 1. The van der Waals surface area contributed by atoms with E-state index < -0.39 is 10.0 Å². The van der Waals surface area contributed by atoms with Crippen molar-refractivity contribution in [1.82, 2.24) is 14.5 Å². The van der Waals surface area contributed by atoms with Gasteiger partial charge in [-0.25, -0.2) is 13.1 Å². The highest BCUT2D eigenvalue weighted by molar-refractivity contribution is 7.89. The van der Waals surface area contributed by atoms with E-state index in [1.807, 2.05) is 0 Å². The van der Waals surface area contributed by atoms with Crippen molar-refractivity contribution in [2.45, 2.75) is 31.0 Å². The van der Waals surface area contributed by atoms with E-state index in [0.29, 0.717) is 12.1 Å². The van der Waals surface area contributed by atoms with Gasteiger partial charge in [0.15, 0.2) is 0 Å². The second-order valence-electron chi connectivity index (χ2n) is 4.66. The fraction of sp³-hybridized carbons (Fsp3) is 0.308. The molecule has 114 valence electrons. The summed E-state index contributed by atoms with van der Waals surface area (Å²) in [6, 6.07) is 5.69. The van der Waals surface area contributed by atoms with Crippen LogP contribution >= 0.6 is 11.6 Å². The highest BCUT2D eigenvalue weighted by Crippen LogP contribution is 2.21. The molecule has 0 bridgehead atoms. The van der Waals surface area contributed by atoms with Gasteiger partial charge < -0.3 is 5.11 Å². The van der Waals surface area contributed by atoms with Gasteiger partial charge in [0.2, 0.25) is 10.0 Å². The van der Waals surface area contributed by atoms with Crippen LogP contribution in [0.4, 0.5) is 0 Å². The summed E-state index contributed by atoms with van der Waals surface area (Å²) in [7, 11) is -3.67. The number of hydrogen-bond acceptors (Lipinski definition) is 4. The SMILES string of the molecule is CC(Cn1cccn1)NS(=O)(=O)c1ccc(CO)c(Cl)c1. The van der Waals surface area contributed by atoms with Crippen LogP contribution in [0.25, 0.3) is 0 Å². The van der Waals surface area contributed by atoms with Gasteiger partial charge in [-0.1, -0.05) is 17.7 Å². The zero-order valence-corrected chi connectivity index (χ0v) is 13.0. The Morgan fingerprint density at radius 1 is 1.48 bits per heavy atom. The Bertz CT molecular complexity index is 701. The number of hydrogen-bond donors (Lipinski definition) is 2. The highest BCUT2D eigenvalue weighted by atomic mass is 35.5. The number of nitrogens with zero attached hydrogens (tertiary/aromatic N) is 2. The van der Waals surface area contributed by atoms with Crippen LogP contribution in [0, 0.1) is 0 Å². The first kappa shape index (κ1) is 16.0. The van der Waals surface area contributed by atoms with E-state index in [1.165, 1.54) is 18.2 Å². The van der Waals surface area contributed by atoms with Gasteiger partial charge in [0.05, 0.1) is 18.0 Å². The molecule has 1 unspecified atom stereocenters.